The third kappa shape index (κ3) is 6.88. The van der Waals surface area contributed by atoms with Crippen molar-refractivity contribution in [2.75, 3.05) is 13.2 Å². The van der Waals surface area contributed by atoms with Crippen LogP contribution in [0.15, 0.2) is 53.4 Å². The van der Waals surface area contributed by atoms with Crippen LogP contribution in [0.5, 0.6) is 0 Å². The summed E-state index contributed by atoms with van der Waals surface area (Å²) in [5, 5.41) is 3.21. The molecule has 3 rings (SSSR count). The number of hydrazine groups is 1. The van der Waals surface area contributed by atoms with Crippen molar-refractivity contribution >= 4 is 44.9 Å². The van der Waals surface area contributed by atoms with E-state index >= 15 is 0 Å². The quantitative estimate of drug-likeness (QED) is 0.353. The molecule has 1 saturated heterocycles. The Bertz CT molecular complexity index is 1030. The number of amides is 1. The van der Waals surface area contributed by atoms with E-state index in [1.54, 1.807) is 12.1 Å². The number of carbonyl (C=O) groups is 1. The Kier molecular flexibility index (Phi) is 8.22. The van der Waals surface area contributed by atoms with Crippen LogP contribution in [0.25, 0.3) is 0 Å². The van der Waals surface area contributed by atoms with Gasteiger partial charge in [0.25, 0.3) is 5.91 Å². The molecule has 8 nitrogen and oxygen atoms in total. The molecule has 4 N–H and O–H groups in total. The summed E-state index contributed by atoms with van der Waals surface area (Å²) in [5.74, 6) is -0.558. The van der Waals surface area contributed by atoms with Crippen molar-refractivity contribution in [3.63, 3.8) is 0 Å². The van der Waals surface area contributed by atoms with Gasteiger partial charge in [0, 0.05) is 25.3 Å². The Morgan fingerprint density at radius 2 is 1.94 bits per heavy atom. The molecule has 2 aromatic carbocycles. The molecule has 1 aliphatic heterocycles. The average Bonchev–Trinajstić information content (AvgIpc) is 3.29. The van der Waals surface area contributed by atoms with Gasteiger partial charge in [-0.25, -0.2) is 13.1 Å². The number of benzene rings is 2. The molecule has 0 radical (unpaired) electrons. The van der Waals surface area contributed by atoms with Crippen LogP contribution >= 0.6 is 23.8 Å². The zero-order valence-electron chi connectivity index (χ0n) is 16.6. The van der Waals surface area contributed by atoms with Gasteiger partial charge in [-0.1, -0.05) is 41.9 Å². The third-order valence-electron chi connectivity index (χ3n) is 4.60. The highest BCUT2D eigenvalue weighted by Crippen LogP contribution is 2.23. The number of thiocarbonyl (C=S) groups is 1. The van der Waals surface area contributed by atoms with Gasteiger partial charge in [-0.2, -0.15) is 0 Å². The summed E-state index contributed by atoms with van der Waals surface area (Å²) in [6, 6.07) is 13.1. The number of carbonyl (C=O) groups excluding carboxylic acids is 1. The van der Waals surface area contributed by atoms with E-state index in [2.05, 4.69) is 20.9 Å². The van der Waals surface area contributed by atoms with Crippen molar-refractivity contribution in [2.24, 2.45) is 0 Å². The molecule has 2 aromatic rings. The van der Waals surface area contributed by atoms with Crippen LogP contribution in [0.2, 0.25) is 5.02 Å². The highest BCUT2D eigenvalue weighted by molar-refractivity contribution is 7.89. The second-order valence-corrected chi connectivity index (χ2v) is 9.43. The van der Waals surface area contributed by atoms with Crippen molar-refractivity contribution < 1.29 is 17.9 Å². The van der Waals surface area contributed by atoms with Gasteiger partial charge < -0.3 is 10.1 Å². The van der Waals surface area contributed by atoms with E-state index in [1.807, 2.05) is 18.2 Å². The second-order valence-electron chi connectivity index (χ2n) is 6.88. The highest BCUT2D eigenvalue weighted by atomic mass is 35.5. The summed E-state index contributed by atoms with van der Waals surface area (Å²) in [4.78, 5) is 12.3. The molecule has 1 aliphatic rings. The Balaban J connectivity index is 1.58. The number of sulfonamides is 1. The smallest absolute Gasteiger partial charge is 0.269 e. The summed E-state index contributed by atoms with van der Waals surface area (Å²) in [7, 11) is -3.93. The van der Waals surface area contributed by atoms with Gasteiger partial charge in [0.05, 0.1) is 11.1 Å². The summed E-state index contributed by atoms with van der Waals surface area (Å²) >= 11 is 11.2. The second kappa shape index (κ2) is 10.9. The first-order valence-electron chi connectivity index (χ1n) is 9.64. The van der Waals surface area contributed by atoms with Crippen LogP contribution in [-0.2, 0) is 21.3 Å². The van der Waals surface area contributed by atoms with Gasteiger partial charge in [-0.3, -0.25) is 15.6 Å². The Hall–Kier alpha value is -2.24. The lowest BCUT2D eigenvalue weighted by atomic mass is 10.2. The van der Waals surface area contributed by atoms with Crippen LogP contribution in [-0.4, -0.2) is 38.7 Å². The van der Waals surface area contributed by atoms with Crippen molar-refractivity contribution in [3.8, 4) is 0 Å². The minimum Gasteiger partial charge on any atom is -0.376 e. The zero-order chi connectivity index (χ0) is 22.3. The van der Waals surface area contributed by atoms with Crippen LogP contribution in [0.1, 0.15) is 28.8 Å². The Labute approximate surface area is 191 Å². The third-order valence-corrected chi connectivity index (χ3v) is 6.73. The SMILES string of the molecule is O=C(NNC(=S)NCC1CCCO1)c1ccc(Cl)c(S(=O)(=O)NCc2ccccc2)c1. The predicted molar refractivity (Wildman–Crippen MR) is 122 cm³/mol. The predicted octanol–water partition coefficient (Wildman–Crippen LogP) is 2.11. The maximum Gasteiger partial charge on any atom is 0.269 e. The van der Waals surface area contributed by atoms with Gasteiger partial charge in [0.1, 0.15) is 4.90 Å². The first kappa shape index (κ1) is 23.4. The Morgan fingerprint density at radius 3 is 2.65 bits per heavy atom. The van der Waals surface area contributed by atoms with Gasteiger partial charge >= 0.3 is 0 Å². The van der Waals surface area contributed by atoms with Crippen molar-refractivity contribution in [1.82, 2.24) is 20.9 Å². The Morgan fingerprint density at radius 1 is 1.16 bits per heavy atom. The molecular formula is C20H23ClN4O4S2. The summed E-state index contributed by atoms with van der Waals surface area (Å²) in [5.41, 5.74) is 5.94. The summed E-state index contributed by atoms with van der Waals surface area (Å²) in [6.45, 7) is 1.38. The topological polar surface area (TPSA) is 109 Å². The molecule has 1 fully saturated rings. The molecule has 0 aliphatic carbocycles. The van der Waals surface area contributed by atoms with Crippen LogP contribution < -0.4 is 20.9 Å². The fraction of sp³-hybridized carbons (Fsp3) is 0.300. The lowest BCUT2D eigenvalue weighted by molar-refractivity contribution is 0.0943. The van der Waals surface area contributed by atoms with Crippen molar-refractivity contribution in [2.45, 2.75) is 30.4 Å². The molecule has 1 atom stereocenters. The highest BCUT2D eigenvalue weighted by Gasteiger charge is 2.20. The number of halogens is 1. The summed E-state index contributed by atoms with van der Waals surface area (Å²) in [6.07, 6.45) is 2.08. The van der Waals surface area contributed by atoms with Gasteiger partial charge in [0.15, 0.2) is 5.11 Å². The molecule has 31 heavy (non-hydrogen) atoms. The molecule has 0 bridgehead atoms. The first-order chi connectivity index (χ1) is 14.8. The number of hydrogen-bond donors (Lipinski definition) is 4. The number of hydrogen-bond acceptors (Lipinski definition) is 5. The number of nitrogens with one attached hydrogen (secondary N) is 4. The first-order valence-corrected chi connectivity index (χ1v) is 11.9. The fourth-order valence-corrected chi connectivity index (χ4v) is 4.62. The standard InChI is InChI=1S/C20H23ClN4O4S2/c21-17-9-8-15(19(26)24-25-20(30)22-13-16-7-4-10-29-16)11-18(17)31(27,28)23-12-14-5-2-1-3-6-14/h1-3,5-6,8-9,11,16,23H,4,7,10,12-13H2,(H,24,26)(H2,22,25,30). The molecular weight excluding hydrogens is 460 g/mol. The van der Waals surface area contributed by atoms with E-state index in [1.165, 1.54) is 18.2 Å². The summed E-state index contributed by atoms with van der Waals surface area (Å²) < 4.78 is 33.4. The maximum absolute atomic E-state index is 12.7. The van der Waals surface area contributed by atoms with E-state index in [0.717, 1.165) is 25.0 Å². The van der Waals surface area contributed by atoms with E-state index in [-0.39, 0.29) is 33.2 Å². The minimum absolute atomic E-state index is 0.0128. The van der Waals surface area contributed by atoms with Crippen LogP contribution in [0, 0.1) is 0 Å². The van der Waals surface area contributed by atoms with E-state index in [0.29, 0.717) is 6.54 Å². The lowest BCUT2D eigenvalue weighted by Gasteiger charge is -2.15. The van der Waals surface area contributed by atoms with Crippen molar-refractivity contribution in [3.05, 3.63) is 64.7 Å². The molecule has 1 amide bonds. The number of ether oxygens (including phenoxy) is 1. The van der Waals surface area contributed by atoms with Crippen molar-refractivity contribution in [1.29, 1.82) is 0 Å². The molecule has 0 spiro atoms. The van der Waals surface area contributed by atoms with Crippen LogP contribution in [0.3, 0.4) is 0 Å². The number of rotatable bonds is 7. The molecule has 0 aromatic heterocycles. The lowest BCUT2D eigenvalue weighted by Crippen LogP contribution is -2.48. The fourth-order valence-electron chi connectivity index (χ4n) is 2.94. The maximum atomic E-state index is 12.7. The molecule has 0 saturated carbocycles. The molecule has 11 heteroatoms. The monoisotopic (exact) mass is 482 g/mol. The zero-order valence-corrected chi connectivity index (χ0v) is 18.9. The average molecular weight is 483 g/mol. The largest absolute Gasteiger partial charge is 0.376 e. The minimum atomic E-state index is -3.93. The van der Waals surface area contributed by atoms with Crippen LogP contribution in [0.4, 0.5) is 0 Å². The van der Waals surface area contributed by atoms with Gasteiger partial charge in [-0.15, -0.1) is 0 Å². The van der Waals surface area contributed by atoms with E-state index < -0.39 is 15.9 Å². The molecule has 166 valence electrons. The molecule has 1 unspecified atom stereocenters. The van der Waals surface area contributed by atoms with E-state index in [9.17, 15) is 13.2 Å². The van der Waals surface area contributed by atoms with Gasteiger partial charge in [-0.05, 0) is 48.8 Å². The normalized spacial score (nSPS) is 16.0. The van der Waals surface area contributed by atoms with Gasteiger partial charge in [0.2, 0.25) is 10.0 Å². The van der Waals surface area contributed by atoms with E-state index in [4.69, 9.17) is 28.6 Å². The molecule has 1 heterocycles.